The normalized spacial score (nSPS) is 44.9. The molecule has 218 valence electrons. The number of aliphatic carboxylic acids is 2. The zero-order valence-electron chi connectivity index (χ0n) is 25.5. The molecule has 0 spiro atoms. The van der Waals surface area contributed by atoms with Gasteiger partial charge in [0.1, 0.15) is 0 Å². The number of fused-ring (bicyclic) bond motifs is 7. The van der Waals surface area contributed by atoms with Crippen molar-refractivity contribution in [1.82, 2.24) is 0 Å². The Bertz CT molecular complexity index is 1100. The lowest BCUT2D eigenvalue weighted by molar-refractivity contribution is -0.222. The minimum absolute atomic E-state index is 0.00817. The van der Waals surface area contributed by atoms with E-state index in [4.69, 9.17) is 0 Å². The molecule has 5 rings (SSSR count). The molecule has 0 bridgehead atoms. The highest BCUT2D eigenvalue weighted by Crippen LogP contribution is 2.77. The zero-order valence-corrected chi connectivity index (χ0v) is 25.5. The molecular weight excluding hydrogens is 488 g/mol. The molecule has 0 aromatic rings. The van der Waals surface area contributed by atoms with E-state index in [2.05, 4.69) is 48.5 Å². The van der Waals surface area contributed by atoms with Crippen LogP contribution < -0.4 is 0 Å². The standard InChI is InChI=1S/C34H52O5/c1-20(2)28-23(35)19-34(15-12-26(36)37)17-16-32(6)22(29(28)34)8-9-25-31(5)13-10-21(18-27(38)39)30(3,4)24(31)11-14-33(25,32)7/h20-22,24-25H,8-19H2,1-7H3,(H,36,37)(H,38,39)/t21-,22-,24+,25-,31+,32-,33-,34+/m1/s1. The number of carbonyl (C=O) groups is 3. The molecule has 0 aliphatic heterocycles. The SMILES string of the molecule is CC(C)C1=C2[C@H]3CC[C@@H]4[C@@]5(C)CC[C@H](CC(=O)O)C(C)(C)[C@@H]5CC[C@@]4(C)[C@]3(C)CC[C@@]2(CCC(=O)O)CC1=O. The second kappa shape index (κ2) is 9.18. The summed E-state index contributed by atoms with van der Waals surface area (Å²) in [6, 6.07) is 0. The first kappa shape index (κ1) is 28.9. The van der Waals surface area contributed by atoms with Crippen LogP contribution in [0.15, 0.2) is 11.1 Å². The minimum Gasteiger partial charge on any atom is -0.481 e. The molecule has 5 heteroatoms. The highest BCUT2D eigenvalue weighted by Gasteiger charge is 2.69. The Hall–Kier alpha value is -1.65. The quantitative estimate of drug-likeness (QED) is 0.357. The maximum Gasteiger partial charge on any atom is 0.303 e. The summed E-state index contributed by atoms with van der Waals surface area (Å²) in [5, 5.41) is 19.2. The molecule has 0 aromatic heterocycles. The number of ketones is 1. The van der Waals surface area contributed by atoms with Crippen molar-refractivity contribution in [3.63, 3.8) is 0 Å². The zero-order chi connectivity index (χ0) is 28.8. The molecule has 39 heavy (non-hydrogen) atoms. The third kappa shape index (κ3) is 3.94. The van der Waals surface area contributed by atoms with Crippen molar-refractivity contribution in [2.75, 3.05) is 0 Å². The molecule has 0 radical (unpaired) electrons. The molecule has 4 saturated carbocycles. The molecule has 8 atom stereocenters. The number of carboxylic acid groups (broad SMARTS) is 2. The molecule has 0 heterocycles. The van der Waals surface area contributed by atoms with Crippen molar-refractivity contribution in [2.24, 2.45) is 56.7 Å². The van der Waals surface area contributed by atoms with Gasteiger partial charge in [-0.3, -0.25) is 14.4 Å². The topological polar surface area (TPSA) is 91.7 Å². The van der Waals surface area contributed by atoms with Crippen LogP contribution in [0.5, 0.6) is 0 Å². The van der Waals surface area contributed by atoms with E-state index in [0.29, 0.717) is 30.6 Å². The summed E-state index contributed by atoms with van der Waals surface area (Å²) in [7, 11) is 0. The molecule has 2 N–H and O–H groups in total. The molecule has 0 amide bonds. The summed E-state index contributed by atoms with van der Waals surface area (Å²) in [5.74, 6) is 0.713. The largest absolute Gasteiger partial charge is 0.481 e. The molecule has 0 aromatic carbocycles. The van der Waals surface area contributed by atoms with E-state index in [-0.39, 0.29) is 57.5 Å². The van der Waals surface area contributed by atoms with Crippen molar-refractivity contribution in [3.05, 3.63) is 11.1 Å². The second-order valence-electron chi connectivity index (χ2n) is 16.0. The number of hydrogen-bond acceptors (Lipinski definition) is 3. The Morgan fingerprint density at radius 1 is 0.846 bits per heavy atom. The Balaban J connectivity index is 1.54. The number of carboxylic acids is 2. The highest BCUT2D eigenvalue weighted by molar-refractivity contribution is 6.00. The number of carbonyl (C=O) groups excluding carboxylic acids is 1. The molecule has 5 nitrogen and oxygen atoms in total. The van der Waals surface area contributed by atoms with E-state index >= 15 is 0 Å². The summed E-state index contributed by atoms with van der Waals surface area (Å²) in [6.45, 7) is 16.6. The molecule has 5 aliphatic rings. The van der Waals surface area contributed by atoms with Gasteiger partial charge in [-0.05, 0) is 115 Å². The van der Waals surface area contributed by atoms with Crippen LogP contribution >= 0.6 is 0 Å². The van der Waals surface area contributed by atoms with E-state index in [0.717, 1.165) is 56.9 Å². The monoisotopic (exact) mass is 540 g/mol. The van der Waals surface area contributed by atoms with Crippen LogP contribution in [0.2, 0.25) is 0 Å². The fourth-order valence-electron chi connectivity index (χ4n) is 12.1. The minimum atomic E-state index is -0.759. The molecule has 4 fully saturated rings. The number of hydrogen-bond donors (Lipinski definition) is 2. The van der Waals surface area contributed by atoms with Crippen molar-refractivity contribution in [2.45, 2.75) is 126 Å². The van der Waals surface area contributed by atoms with Crippen LogP contribution in [0.4, 0.5) is 0 Å². The first-order valence-corrected chi connectivity index (χ1v) is 15.7. The van der Waals surface area contributed by atoms with Gasteiger partial charge in [0.05, 0.1) is 0 Å². The number of allylic oxidation sites excluding steroid dienone is 2. The fraction of sp³-hybridized carbons (Fsp3) is 0.853. The summed E-state index contributed by atoms with van der Waals surface area (Å²) in [6.07, 6.45) is 10.2. The van der Waals surface area contributed by atoms with Gasteiger partial charge in [-0.25, -0.2) is 0 Å². The van der Waals surface area contributed by atoms with Crippen LogP contribution in [0, 0.1) is 56.7 Å². The summed E-state index contributed by atoms with van der Waals surface area (Å²) in [4.78, 5) is 36.9. The smallest absolute Gasteiger partial charge is 0.303 e. The number of Topliss-reactive ketones (excluding diaryl/α,β-unsaturated/α-hetero) is 1. The molecular formula is C34H52O5. The third-order valence-electron chi connectivity index (χ3n) is 14.1. The van der Waals surface area contributed by atoms with Crippen molar-refractivity contribution in [1.29, 1.82) is 0 Å². The van der Waals surface area contributed by atoms with E-state index in [1.54, 1.807) is 0 Å². The average molecular weight is 541 g/mol. The lowest BCUT2D eigenvalue weighted by atomic mass is 9.32. The van der Waals surface area contributed by atoms with Crippen molar-refractivity contribution < 1.29 is 24.6 Å². The Morgan fingerprint density at radius 2 is 1.54 bits per heavy atom. The van der Waals surface area contributed by atoms with Gasteiger partial charge >= 0.3 is 11.9 Å². The molecule has 0 saturated heterocycles. The van der Waals surface area contributed by atoms with Gasteiger partial charge in [-0.2, -0.15) is 0 Å². The van der Waals surface area contributed by atoms with Crippen LogP contribution in [0.1, 0.15) is 126 Å². The average Bonchev–Trinajstić information content (AvgIpc) is 3.12. The van der Waals surface area contributed by atoms with Gasteiger partial charge in [0.15, 0.2) is 5.78 Å². The van der Waals surface area contributed by atoms with E-state index in [9.17, 15) is 24.6 Å². The molecule has 5 aliphatic carbocycles. The van der Waals surface area contributed by atoms with Gasteiger partial charge in [-0.15, -0.1) is 0 Å². The van der Waals surface area contributed by atoms with Gasteiger partial charge < -0.3 is 10.2 Å². The Kier molecular flexibility index (Phi) is 6.79. The van der Waals surface area contributed by atoms with E-state index in [1.807, 2.05) is 0 Å². The maximum absolute atomic E-state index is 13.5. The maximum atomic E-state index is 13.5. The fourth-order valence-corrected chi connectivity index (χ4v) is 12.1. The predicted octanol–water partition coefficient (Wildman–Crippen LogP) is 7.92. The first-order valence-electron chi connectivity index (χ1n) is 15.7. The van der Waals surface area contributed by atoms with Crippen LogP contribution in [-0.2, 0) is 14.4 Å². The summed E-state index contributed by atoms with van der Waals surface area (Å²) in [5.41, 5.74) is 2.57. The molecule has 0 unspecified atom stereocenters. The summed E-state index contributed by atoms with van der Waals surface area (Å²) >= 11 is 0. The summed E-state index contributed by atoms with van der Waals surface area (Å²) < 4.78 is 0. The van der Waals surface area contributed by atoms with E-state index < -0.39 is 11.9 Å². The van der Waals surface area contributed by atoms with Crippen LogP contribution in [-0.4, -0.2) is 27.9 Å². The van der Waals surface area contributed by atoms with Gasteiger partial charge in [0.25, 0.3) is 0 Å². The van der Waals surface area contributed by atoms with Crippen molar-refractivity contribution >= 4 is 17.7 Å². The van der Waals surface area contributed by atoms with Gasteiger partial charge in [-0.1, -0.05) is 54.0 Å². The van der Waals surface area contributed by atoms with Crippen LogP contribution in [0.25, 0.3) is 0 Å². The lowest BCUT2D eigenvalue weighted by Gasteiger charge is -2.72. The van der Waals surface area contributed by atoms with Crippen molar-refractivity contribution in [3.8, 4) is 0 Å². The second-order valence-corrected chi connectivity index (χ2v) is 16.0. The van der Waals surface area contributed by atoms with Gasteiger partial charge in [0.2, 0.25) is 0 Å². The van der Waals surface area contributed by atoms with Gasteiger partial charge in [0, 0.05) is 24.7 Å². The number of rotatable bonds is 6. The third-order valence-corrected chi connectivity index (χ3v) is 14.1. The van der Waals surface area contributed by atoms with Crippen LogP contribution in [0.3, 0.4) is 0 Å². The lowest BCUT2D eigenvalue weighted by Crippen LogP contribution is -2.65. The van der Waals surface area contributed by atoms with E-state index in [1.165, 1.54) is 5.57 Å². The Labute approximate surface area is 235 Å². The Morgan fingerprint density at radius 3 is 2.15 bits per heavy atom. The highest BCUT2D eigenvalue weighted by atomic mass is 16.4. The predicted molar refractivity (Wildman–Crippen MR) is 152 cm³/mol. The first-order chi connectivity index (χ1) is 18.0.